The Morgan fingerprint density at radius 2 is 2.19 bits per heavy atom. The number of hydrogen-bond donors (Lipinski definition) is 2. The predicted molar refractivity (Wildman–Crippen MR) is 85.3 cm³/mol. The van der Waals surface area contributed by atoms with Crippen LogP contribution in [0.4, 0.5) is 0 Å². The second kappa shape index (κ2) is 7.07. The molecule has 1 atom stereocenters. The van der Waals surface area contributed by atoms with Crippen molar-refractivity contribution < 1.29 is 9.90 Å². The Morgan fingerprint density at radius 1 is 1.38 bits per heavy atom. The topological polar surface area (TPSA) is 49.3 Å². The molecule has 0 saturated heterocycles. The molecule has 0 aliphatic heterocycles. The third-order valence-electron chi connectivity index (χ3n) is 2.97. The number of carbonyl (C=O) groups is 1. The molecule has 0 aliphatic rings. The van der Waals surface area contributed by atoms with Crippen LogP contribution in [0.25, 0.3) is 0 Å². The lowest BCUT2D eigenvalue weighted by atomic mass is 10.1. The normalized spacial score (nSPS) is 11.4. The molecular weight excluding hydrogens is 282 g/mol. The maximum Gasteiger partial charge on any atom is 0.251 e. The number of aryl methyl sites for hydroxylation is 1. The van der Waals surface area contributed by atoms with Crippen molar-refractivity contribution in [2.75, 3.05) is 6.61 Å². The van der Waals surface area contributed by atoms with Crippen molar-refractivity contribution >= 4 is 17.2 Å². The van der Waals surface area contributed by atoms with E-state index in [0.717, 1.165) is 10.4 Å². The van der Waals surface area contributed by atoms with Crippen LogP contribution in [0.5, 0.6) is 0 Å². The van der Waals surface area contributed by atoms with Gasteiger partial charge in [0, 0.05) is 20.9 Å². The van der Waals surface area contributed by atoms with Crippen molar-refractivity contribution in [3.8, 4) is 11.8 Å². The molecule has 1 unspecified atom stereocenters. The molecule has 21 heavy (non-hydrogen) atoms. The number of carbonyl (C=O) groups excluding carboxylic acids is 1. The molecule has 108 valence electrons. The maximum absolute atomic E-state index is 12.3. The zero-order valence-corrected chi connectivity index (χ0v) is 12.8. The highest BCUT2D eigenvalue weighted by atomic mass is 32.1. The first-order chi connectivity index (χ1) is 10.1. The van der Waals surface area contributed by atoms with E-state index in [0.29, 0.717) is 5.56 Å². The van der Waals surface area contributed by atoms with Gasteiger partial charge in [0.15, 0.2) is 0 Å². The van der Waals surface area contributed by atoms with E-state index in [1.165, 1.54) is 4.88 Å². The molecule has 1 heterocycles. The first-order valence-electron chi connectivity index (χ1n) is 6.67. The number of amides is 1. The van der Waals surface area contributed by atoms with Gasteiger partial charge < -0.3 is 10.4 Å². The van der Waals surface area contributed by atoms with E-state index >= 15 is 0 Å². The van der Waals surface area contributed by atoms with Crippen LogP contribution in [-0.2, 0) is 0 Å². The Hall–Kier alpha value is -2.09. The standard InChI is InChI=1S/C17H17NO2S/c1-12-8-9-16(21-12)13(2)18-17(20)15-7-3-5-14(11-15)6-4-10-19/h3,5,7-9,11,13,19H,10H2,1-2H3,(H,18,20). The predicted octanol–water partition coefficient (Wildman–Crippen LogP) is 2.89. The summed E-state index contributed by atoms with van der Waals surface area (Å²) in [7, 11) is 0. The average molecular weight is 299 g/mol. The van der Waals surface area contributed by atoms with Crippen LogP contribution in [0.3, 0.4) is 0 Å². The number of nitrogens with one attached hydrogen (secondary N) is 1. The molecule has 0 saturated carbocycles. The molecule has 1 aromatic heterocycles. The number of aliphatic hydroxyl groups is 1. The summed E-state index contributed by atoms with van der Waals surface area (Å²) >= 11 is 1.68. The molecule has 2 N–H and O–H groups in total. The number of thiophene rings is 1. The monoisotopic (exact) mass is 299 g/mol. The molecule has 2 aromatic rings. The number of benzene rings is 1. The second-order valence-corrected chi connectivity index (χ2v) is 6.00. The first-order valence-corrected chi connectivity index (χ1v) is 7.49. The van der Waals surface area contributed by atoms with Crippen molar-refractivity contribution in [3.05, 3.63) is 57.3 Å². The van der Waals surface area contributed by atoms with Gasteiger partial charge in [-0.3, -0.25) is 4.79 Å². The minimum Gasteiger partial charge on any atom is -0.384 e. The third-order valence-corrected chi connectivity index (χ3v) is 4.16. The lowest BCUT2D eigenvalue weighted by molar-refractivity contribution is 0.0940. The summed E-state index contributed by atoms with van der Waals surface area (Å²) in [5, 5.41) is 11.7. The van der Waals surface area contributed by atoms with Gasteiger partial charge in [-0.05, 0) is 44.2 Å². The molecule has 0 bridgehead atoms. The minimum atomic E-state index is -0.189. The summed E-state index contributed by atoms with van der Waals surface area (Å²) in [5.41, 5.74) is 1.29. The fraction of sp³-hybridized carbons (Fsp3) is 0.235. The van der Waals surface area contributed by atoms with Gasteiger partial charge >= 0.3 is 0 Å². The highest BCUT2D eigenvalue weighted by molar-refractivity contribution is 7.12. The van der Waals surface area contributed by atoms with Crippen LogP contribution < -0.4 is 5.32 Å². The molecule has 0 radical (unpaired) electrons. The molecule has 2 rings (SSSR count). The van der Waals surface area contributed by atoms with Gasteiger partial charge in [-0.2, -0.15) is 0 Å². The quantitative estimate of drug-likeness (QED) is 0.856. The summed E-state index contributed by atoms with van der Waals surface area (Å²) < 4.78 is 0. The van der Waals surface area contributed by atoms with E-state index < -0.39 is 0 Å². The summed E-state index contributed by atoms with van der Waals surface area (Å²) in [6.07, 6.45) is 0. The largest absolute Gasteiger partial charge is 0.384 e. The summed E-state index contributed by atoms with van der Waals surface area (Å²) in [4.78, 5) is 14.6. The molecular formula is C17H17NO2S. The van der Waals surface area contributed by atoms with Gasteiger partial charge in [0.2, 0.25) is 0 Å². The first kappa shape index (κ1) is 15.3. The average Bonchev–Trinajstić information content (AvgIpc) is 2.92. The van der Waals surface area contributed by atoms with Crippen LogP contribution in [-0.4, -0.2) is 17.6 Å². The van der Waals surface area contributed by atoms with Crippen molar-refractivity contribution in [2.45, 2.75) is 19.9 Å². The van der Waals surface area contributed by atoms with Crippen molar-refractivity contribution in [1.29, 1.82) is 0 Å². The molecule has 4 heteroatoms. The van der Waals surface area contributed by atoms with Gasteiger partial charge in [0.1, 0.15) is 6.61 Å². The van der Waals surface area contributed by atoms with Crippen LogP contribution in [0.2, 0.25) is 0 Å². The second-order valence-electron chi connectivity index (χ2n) is 4.68. The number of rotatable bonds is 3. The van der Waals surface area contributed by atoms with Gasteiger partial charge in [-0.25, -0.2) is 0 Å². The molecule has 0 aliphatic carbocycles. The third kappa shape index (κ3) is 4.19. The summed E-state index contributed by atoms with van der Waals surface area (Å²) in [6.45, 7) is 3.83. The van der Waals surface area contributed by atoms with Crippen LogP contribution >= 0.6 is 11.3 Å². The van der Waals surface area contributed by atoms with E-state index in [1.54, 1.807) is 29.5 Å². The van der Waals surface area contributed by atoms with E-state index in [9.17, 15) is 4.79 Å². The minimum absolute atomic E-state index is 0.0246. The fourth-order valence-corrected chi connectivity index (χ4v) is 2.80. The van der Waals surface area contributed by atoms with Gasteiger partial charge in [0.05, 0.1) is 6.04 Å². The molecule has 1 aromatic carbocycles. The molecule has 0 fully saturated rings. The SMILES string of the molecule is Cc1ccc(C(C)NC(=O)c2cccc(C#CCO)c2)s1. The fourth-order valence-electron chi connectivity index (χ4n) is 1.92. The van der Waals surface area contributed by atoms with Crippen LogP contribution in [0.15, 0.2) is 36.4 Å². The zero-order chi connectivity index (χ0) is 15.2. The Balaban J connectivity index is 2.09. The van der Waals surface area contributed by atoms with Crippen molar-refractivity contribution in [3.63, 3.8) is 0 Å². The van der Waals surface area contributed by atoms with Crippen LogP contribution in [0, 0.1) is 18.8 Å². The highest BCUT2D eigenvalue weighted by Crippen LogP contribution is 2.22. The molecule has 0 spiro atoms. The zero-order valence-electron chi connectivity index (χ0n) is 12.0. The van der Waals surface area contributed by atoms with E-state index in [1.807, 2.05) is 32.0 Å². The van der Waals surface area contributed by atoms with Crippen molar-refractivity contribution in [2.24, 2.45) is 0 Å². The highest BCUT2D eigenvalue weighted by Gasteiger charge is 2.12. The summed E-state index contributed by atoms with van der Waals surface area (Å²) in [6, 6.07) is 11.1. The Morgan fingerprint density at radius 3 is 2.86 bits per heavy atom. The Bertz CT molecular complexity index is 694. The Labute approximate surface area is 128 Å². The smallest absolute Gasteiger partial charge is 0.251 e. The van der Waals surface area contributed by atoms with E-state index in [-0.39, 0.29) is 18.6 Å². The lowest BCUT2D eigenvalue weighted by Crippen LogP contribution is -2.26. The van der Waals surface area contributed by atoms with Gasteiger partial charge in [-0.1, -0.05) is 17.9 Å². The van der Waals surface area contributed by atoms with Gasteiger partial charge in [-0.15, -0.1) is 11.3 Å². The Kier molecular flexibility index (Phi) is 5.15. The number of hydrogen-bond acceptors (Lipinski definition) is 3. The summed E-state index contributed by atoms with van der Waals surface area (Å²) in [5.74, 6) is 5.25. The maximum atomic E-state index is 12.3. The van der Waals surface area contributed by atoms with E-state index in [4.69, 9.17) is 5.11 Å². The van der Waals surface area contributed by atoms with E-state index in [2.05, 4.69) is 17.2 Å². The molecule has 1 amide bonds. The molecule has 3 nitrogen and oxygen atoms in total. The van der Waals surface area contributed by atoms with Gasteiger partial charge in [0.25, 0.3) is 5.91 Å². The lowest BCUT2D eigenvalue weighted by Gasteiger charge is -2.12. The van der Waals surface area contributed by atoms with Crippen LogP contribution in [0.1, 0.15) is 38.6 Å². The number of aliphatic hydroxyl groups excluding tert-OH is 1. The van der Waals surface area contributed by atoms with Crippen molar-refractivity contribution in [1.82, 2.24) is 5.32 Å².